The van der Waals surface area contributed by atoms with Crippen molar-refractivity contribution in [3.05, 3.63) is 65.7 Å². The first-order chi connectivity index (χ1) is 10.3. The molecule has 21 heavy (non-hydrogen) atoms. The number of hydrogen-bond donors (Lipinski definition) is 2. The SMILES string of the molecule is COc1cccc(CNCC(O)CCc2ccccc2)c1. The summed E-state index contributed by atoms with van der Waals surface area (Å²) in [4.78, 5) is 0. The lowest BCUT2D eigenvalue weighted by atomic mass is 10.1. The van der Waals surface area contributed by atoms with Crippen molar-refractivity contribution < 1.29 is 9.84 Å². The Morgan fingerprint density at radius 2 is 1.81 bits per heavy atom. The molecule has 0 heterocycles. The summed E-state index contributed by atoms with van der Waals surface area (Å²) >= 11 is 0. The van der Waals surface area contributed by atoms with E-state index in [1.807, 2.05) is 42.5 Å². The van der Waals surface area contributed by atoms with Gasteiger partial charge in [-0.3, -0.25) is 0 Å². The van der Waals surface area contributed by atoms with Crippen LogP contribution in [-0.4, -0.2) is 24.9 Å². The number of aryl methyl sites for hydroxylation is 1. The van der Waals surface area contributed by atoms with Crippen LogP contribution in [0.2, 0.25) is 0 Å². The zero-order valence-electron chi connectivity index (χ0n) is 12.5. The second-order valence-electron chi connectivity index (χ2n) is 5.16. The van der Waals surface area contributed by atoms with Crippen LogP contribution in [0.5, 0.6) is 5.75 Å². The van der Waals surface area contributed by atoms with E-state index >= 15 is 0 Å². The summed E-state index contributed by atoms with van der Waals surface area (Å²) in [5.41, 5.74) is 2.42. The number of ether oxygens (including phenoxy) is 1. The number of aliphatic hydroxyl groups excluding tert-OH is 1. The van der Waals surface area contributed by atoms with Crippen LogP contribution in [0, 0.1) is 0 Å². The number of benzene rings is 2. The number of hydrogen-bond acceptors (Lipinski definition) is 3. The lowest BCUT2D eigenvalue weighted by Gasteiger charge is -2.12. The first kappa shape index (κ1) is 15.5. The lowest BCUT2D eigenvalue weighted by molar-refractivity contribution is 0.161. The molecular formula is C18H23NO2. The standard InChI is InChI=1S/C18H23NO2/c1-21-18-9-5-8-16(12-18)13-19-14-17(20)11-10-15-6-3-2-4-7-15/h2-9,12,17,19-20H,10-11,13-14H2,1H3. The van der Waals surface area contributed by atoms with Gasteiger partial charge in [-0.1, -0.05) is 42.5 Å². The zero-order chi connectivity index (χ0) is 14.9. The van der Waals surface area contributed by atoms with Crippen LogP contribution in [0.4, 0.5) is 0 Å². The van der Waals surface area contributed by atoms with Gasteiger partial charge in [-0.15, -0.1) is 0 Å². The van der Waals surface area contributed by atoms with Gasteiger partial charge >= 0.3 is 0 Å². The van der Waals surface area contributed by atoms with Crippen LogP contribution >= 0.6 is 0 Å². The summed E-state index contributed by atoms with van der Waals surface area (Å²) in [5.74, 6) is 0.860. The third-order valence-corrected chi connectivity index (χ3v) is 3.45. The van der Waals surface area contributed by atoms with Gasteiger partial charge < -0.3 is 15.2 Å². The highest BCUT2D eigenvalue weighted by Crippen LogP contribution is 2.12. The van der Waals surface area contributed by atoms with Gasteiger partial charge in [0.2, 0.25) is 0 Å². The Labute approximate surface area is 126 Å². The minimum absolute atomic E-state index is 0.323. The molecule has 0 saturated carbocycles. The molecule has 2 aromatic rings. The van der Waals surface area contributed by atoms with Gasteiger partial charge in [-0.05, 0) is 36.1 Å². The van der Waals surface area contributed by atoms with Gasteiger partial charge in [0, 0.05) is 13.1 Å². The molecule has 1 unspecified atom stereocenters. The summed E-state index contributed by atoms with van der Waals surface area (Å²) in [6, 6.07) is 18.2. The highest BCUT2D eigenvalue weighted by Gasteiger charge is 2.04. The van der Waals surface area contributed by atoms with Crippen molar-refractivity contribution in [2.75, 3.05) is 13.7 Å². The van der Waals surface area contributed by atoms with Crippen molar-refractivity contribution in [1.82, 2.24) is 5.32 Å². The van der Waals surface area contributed by atoms with E-state index in [0.717, 1.165) is 30.7 Å². The second kappa shape index (κ2) is 8.45. The molecule has 0 fully saturated rings. The predicted octanol–water partition coefficient (Wildman–Crippen LogP) is 2.78. The van der Waals surface area contributed by atoms with E-state index < -0.39 is 0 Å². The minimum Gasteiger partial charge on any atom is -0.497 e. The Balaban J connectivity index is 1.68. The summed E-state index contributed by atoms with van der Waals surface area (Å²) in [6.45, 7) is 1.34. The van der Waals surface area contributed by atoms with Gasteiger partial charge in [0.25, 0.3) is 0 Å². The normalized spacial score (nSPS) is 12.1. The summed E-state index contributed by atoms with van der Waals surface area (Å²) in [6.07, 6.45) is 1.36. The van der Waals surface area contributed by atoms with E-state index in [-0.39, 0.29) is 6.10 Å². The molecule has 0 amide bonds. The van der Waals surface area contributed by atoms with E-state index in [0.29, 0.717) is 6.54 Å². The predicted molar refractivity (Wildman–Crippen MR) is 85.5 cm³/mol. The molecule has 0 aliphatic heterocycles. The number of methoxy groups -OCH3 is 1. The number of aliphatic hydroxyl groups is 1. The fourth-order valence-corrected chi connectivity index (χ4v) is 2.25. The molecule has 1 atom stereocenters. The van der Waals surface area contributed by atoms with Gasteiger partial charge in [-0.25, -0.2) is 0 Å². The number of rotatable bonds is 8. The van der Waals surface area contributed by atoms with E-state index in [1.165, 1.54) is 5.56 Å². The Bertz CT molecular complexity index is 528. The topological polar surface area (TPSA) is 41.5 Å². The maximum absolute atomic E-state index is 10.0. The molecule has 0 aromatic heterocycles. The van der Waals surface area contributed by atoms with Gasteiger partial charge in [0.1, 0.15) is 5.75 Å². The maximum Gasteiger partial charge on any atom is 0.119 e. The quantitative estimate of drug-likeness (QED) is 0.783. The van der Waals surface area contributed by atoms with Crippen molar-refractivity contribution >= 4 is 0 Å². The molecule has 2 N–H and O–H groups in total. The van der Waals surface area contributed by atoms with E-state index in [9.17, 15) is 5.11 Å². The maximum atomic E-state index is 10.0. The first-order valence-electron chi connectivity index (χ1n) is 7.33. The average Bonchev–Trinajstić information content (AvgIpc) is 2.54. The number of nitrogens with one attached hydrogen (secondary N) is 1. The van der Waals surface area contributed by atoms with Crippen LogP contribution in [0.1, 0.15) is 17.5 Å². The third kappa shape index (κ3) is 5.58. The summed E-state index contributed by atoms with van der Waals surface area (Å²) < 4.78 is 5.19. The van der Waals surface area contributed by atoms with Crippen molar-refractivity contribution in [2.24, 2.45) is 0 Å². The van der Waals surface area contributed by atoms with E-state index in [2.05, 4.69) is 17.4 Å². The molecule has 0 spiro atoms. The van der Waals surface area contributed by atoms with Crippen LogP contribution < -0.4 is 10.1 Å². The summed E-state index contributed by atoms with van der Waals surface area (Å²) in [5, 5.41) is 13.3. The van der Waals surface area contributed by atoms with Crippen LogP contribution in [0.15, 0.2) is 54.6 Å². The lowest BCUT2D eigenvalue weighted by Crippen LogP contribution is -2.26. The van der Waals surface area contributed by atoms with E-state index in [1.54, 1.807) is 7.11 Å². The molecule has 0 aliphatic rings. The monoisotopic (exact) mass is 285 g/mol. The summed E-state index contributed by atoms with van der Waals surface area (Å²) in [7, 11) is 1.67. The second-order valence-corrected chi connectivity index (χ2v) is 5.16. The van der Waals surface area contributed by atoms with Crippen LogP contribution in [-0.2, 0) is 13.0 Å². The molecule has 2 rings (SSSR count). The Morgan fingerprint density at radius 1 is 1.05 bits per heavy atom. The van der Waals surface area contributed by atoms with Crippen molar-refractivity contribution in [3.63, 3.8) is 0 Å². The molecule has 0 aliphatic carbocycles. The zero-order valence-corrected chi connectivity index (χ0v) is 12.5. The molecule has 0 radical (unpaired) electrons. The highest BCUT2D eigenvalue weighted by molar-refractivity contribution is 5.28. The molecular weight excluding hydrogens is 262 g/mol. The average molecular weight is 285 g/mol. The smallest absolute Gasteiger partial charge is 0.119 e. The van der Waals surface area contributed by atoms with Crippen LogP contribution in [0.3, 0.4) is 0 Å². The Morgan fingerprint density at radius 3 is 2.57 bits per heavy atom. The fraction of sp³-hybridized carbons (Fsp3) is 0.333. The third-order valence-electron chi connectivity index (χ3n) is 3.45. The van der Waals surface area contributed by atoms with E-state index in [4.69, 9.17) is 4.74 Å². The highest BCUT2D eigenvalue weighted by atomic mass is 16.5. The van der Waals surface area contributed by atoms with Gasteiger partial charge in [-0.2, -0.15) is 0 Å². The molecule has 112 valence electrons. The molecule has 0 bridgehead atoms. The van der Waals surface area contributed by atoms with Gasteiger partial charge in [0.15, 0.2) is 0 Å². The van der Waals surface area contributed by atoms with Gasteiger partial charge in [0.05, 0.1) is 13.2 Å². The molecule has 3 nitrogen and oxygen atoms in total. The first-order valence-corrected chi connectivity index (χ1v) is 7.33. The van der Waals surface area contributed by atoms with Crippen molar-refractivity contribution in [1.29, 1.82) is 0 Å². The largest absolute Gasteiger partial charge is 0.497 e. The minimum atomic E-state index is -0.323. The Hall–Kier alpha value is -1.84. The fourth-order valence-electron chi connectivity index (χ4n) is 2.25. The molecule has 0 saturated heterocycles. The van der Waals surface area contributed by atoms with Crippen molar-refractivity contribution in [3.8, 4) is 5.75 Å². The van der Waals surface area contributed by atoms with Crippen LogP contribution in [0.25, 0.3) is 0 Å². The Kier molecular flexibility index (Phi) is 6.25. The molecule has 2 aromatic carbocycles. The van der Waals surface area contributed by atoms with Crippen molar-refractivity contribution in [2.45, 2.75) is 25.5 Å². The molecule has 3 heteroatoms.